The molecule has 0 bridgehead atoms. The van der Waals surface area contributed by atoms with Crippen molar-refractivity contribution in [1.82, 2.24) is 5.32 Å². The van der Waals surface area contributed by atoms with Crippen molar-refractivity contribution < 1.29 is 19.1 Å². The van der Waals surface area contributed by atoms with Crippen molar-refractivity contribution in [3.8, 4) is 6.07 Å². The Kier molecular flexibility index (Phi) is 4.68. The fraction of sp³-hybridized carbons (Fsp3) is 0.750. The van der Waals surface area contributed by atoms with Gasteiger partial charge in [0.1, 0.15) is 18.2 Å². The lowest BCUT2D eigenvalue weighted by Crippen LogP contribution is -2.62. The van der Waals surface area contributed by atoms with Crippen LogP contribution >= 0.6 is 0 Å². The summed E-state index contributed by atoms with van der Waals surface area (Å²) in [6.07, 6.45) is 0.367. The summed E-state index contributed by atoms with van der Waals surface area (Å²) in [5.74, 6) is -0.720. The van der Waals surface area contributed by atoms with E-state index in [9.17, 15) is 14.9 Å². The van der Waals surface area contributed by atoms with Gasteiger partial charge < -0.3 is 9.47 Å². The summed E-state index contributed by atoms with van der Waals surface area (Å²) in [6, 6.07) is 1.59. The molecule has 1 saturated heterocycles. The number of hydrogen-bond acceptors (Lipinski definition) is 6. The molecule has 0 unspecified atom stereocenters. The molecule has 1 aliphatic heterocycles. The molecule has 0 radical (unpaired) electrons. The van der Waals surface area contributed by atoms with Crippen LogP contribution in [0.25, 0.3) is 0 Å². The van der Waals surface area contributed by atoms with Crippen molar-refractivity contribution in [3.05, 3.63) is 0 Å². The van der Waals surface area contributed by atoms with E-state index in [4.69, 9.17) is 4.74 Å². The molecule has 1 fully saturated rings. The lowest BCUT2D eigenvalue weighted by molar-refractivity contribution is -0.155. The summed E-state index contributed by atoms with van der Waals surface area (Å²) in [5.41, 5.74) is -1.00. The van der Waals surface area contributed by atoms with Gasteiger partial charge in [-0.25, -0.2) is 0 Å². The van der Waals surface area contributed by atoms with Crippen molar-refractivity contribution in [2.75, 3.05) is 13.7 Å². The summed E-state index contributed by atoms with van der Waals surface area (Å²) in [4.78, 5) is 22.7. The predicted molar refractivity (Wildman–Crippen MR) is 62.3 cm³/mol. The highest BCUT2D eigenvalue weighted by atomic mass is 16.5. The van der Waals surface area contributed by atoms with Crippen LogP contribution in [0.4, 0.5) is 0 Å². The maximum atomic E-state index is 11.5. The number of morpholine rings is 1. The normalized spacial score (nSPS) is 27.5. The number of carbonyl (C=O) groups excluding carboxylic acids is 2. The minimum Gasteiger partial charge on any atom is -0.469 e. The summed E-state index contributed by atoms with van der Waals surface area (Å²) in [5, 5.41) is 12.3. The zero-order valence-electron chi connectivity index (χ0n) is 10.9. The van der Waals surface area contributed by atoms with E-state index in [1.165, 1.54) is 7.11 Å². The van der Waals surface area contributed by atoms with Gasteiger partial charge in [0, 0.05) is 6.42 Å². The number of carbonyl (C=O) groups is 2. The molecule has 1 aliphatic rings. The monoisotopic (exact) mass is 254 g/mol. The van der Waals surface area contributed by atoms with E-state index in [1.54, 1.807) is 0 Å². The maximum absolute atomic E-state index is 11.5. The number of esters is 2. The average Bonchev–Trinajstić information content (AvgIpc) is 2.37. The molecule has 0 saturated carbocycles. The van der Waals surface area contributed by atoms with E-state index in [-0.39, 0.29) is 37.3 Å². The van der Waals surface area contributed by atoms with Crippen LogP contribution in [-0.4, -0.2) is 37.2 Å². The third kappa shape index (κ3) is 3.20. The highest BCUT2D eigenvalue weighted by Crippen LogP contribution is 2.22. The van der Waals surface area contributed by atoms with Crippen molar-refractivity contribution in [3.63, 3.8) is 0 Å². The number of nitrogens with zero attached hydrogens (tertiary/aromatic N) is 1. The van der Waals surface area contributed by atoms with Gasteiger partial charge in [-0.2, -0.15) is 5.26 Å². The van der Waals surface area contributed by atoms with Gasteiger partial charge in [0.2, 0.25) is 0 Å². The van der Waals surface area contributed by atoms with Crippen LogP contribution in [0.2, 0.25) is 0 Å². The molecule has 0 aliphatic carbocycles. The average molecular weight is 254 g/mol. The van der Waals surface area contributed by atoms with Crippen molar-refractivity contribution >= 4 is 11.9 Å². The van der Waals surface area contributed by atoms with Crippen LogP contribution in [0.15, 0.2) is 0 Å². The Balaban J connectivity index is 2.73. The third-order valence-corrected chi connectivity index (χ3v) is 3.01. The lowest BCUT2D eigenvalue weighted by atomic mass is 9.90. The number of methoxy groups -OCH3 is 1. The van der Waals surface area contributed by atoms with Crippen molar-refractivity contribution in [1.29, 1.82) is 5.26 Å². The molecule has 0 aromatic carbocycles. The minimum atomic E-state index is -1.00. The first-order valence-electron chi connectivity index (χ1n) is 5.86. The summed E-state index contributed by atoms with van der Waals surface area (Å²) >= 11 is 0. The molecular formula is C12H18N2O4. The SMILES string of the molecule is COC(=O)CC[C@]1(C#N)COC(=O)[C@H](C(C)C)N1. The highest BCUT2D eigenvalue weighted by molar-refractivity contribution is 5.77. The maximum Gasteiger partial charge on any atom is 0.323 e. The van der Waals surface area contributed by atoms with Crippen LogP contribution in [0, 0.1) is 17.2 Å². The van der Waals surface area contributed by atoms with E-state index in [1.807, 2.05) is 13.8 Å². The quantitative estimate of drug-likeness (QED) is 0.729. The van der Waals surface area contributed by atoms with Crippen LogP contribution in [0.5, 0.6) is 0 Å². The molecule has 0 spiro atoms. The van der Waals surface area contributed by atoms with Gasteiger partial charge in [-0.05, 0) is 12.3 Å². The second-order valence-corrected chi connectivity index (χ2v) is 4.74. The Morgan fingerprint density at radius 2 is 2.39 bits per heavy atom. The summed E-state index contributed by atoms with van der Waals surface area (Å²) < 4.78 is 9.59. The van der Waals surface area contributed by atoms with Crippen molar-refractivity contribution in [2.24, 2.45) is 5.92 Å². The first-order chi connectivity index (χ1) is 8.44. The first-order valence-corrected chi connectivity index (χ1v) is 5.86. The van der Waals surface area contributed by atoms with Gasteiger partial charge in [0.05, 0.1) is 13.2 Å². The zero-order chi connectivity index (χ0) is 13.8. The molecule has 6 heteroatoms. The van der Waals surface area contributed by atoms with E-state index >= 15 is 0 Å². The predicted octanol–water partition coefficient (Wildman–Crippen LogP) is 0.373. The number of ether oxygens (including phenoxy) is 2. The molecule has 1 rings (SSSR count). The fourth-order valence-corrected chi connectivity index (χ4v) is 1.80. The lowest BCUT2D eigenvalue weighted by Gasteiger charge is -2.37. The molecule has 1 heterocycles. The zero-order valence-corrected chi connectivity index (χ0v) is 10.9. The molecule has 18 heavy (non-hydrogen) atoms. The van der Waals surface area contributed by atoms with Gasteiger partial charge in [-0.3, -0.25) is 14.9 Å². The van der Waals surface area contributed by atoms with E-state index in [0.29, 0.717) is 0 Å². The number of nitrogens with one attached hydrogen (secondary N) is 1. The molecule has 0 aromatic rings. The highest BCUT2D eigenvalue weighted by Gasteiger charge is 2.42. The molecule has 6 nitrogen and oxygen atoms in total. The second-order valence-electron chi connectivity index (χ2n) is 4.74. The Hall–Kier alpha value is -1.61. The van der Waals surface area contributed by atoms with Crippen molar-refractivity contribution in [2.45, 2.75) is 38.3 Å². The van der Waals surface area contributed by atoms with E-state index in [0.717, 1.165) is 0 Å². The first kappa shape index (κ1) is 14.5. The molecule has 0 amide bonds. The van der Waals surface area contributed by atoms with Gasteiger partial charge >= 0.3 is 11.9 Å². The third-order valence-electron chi connectivity index (χ3n) is 3.01. The van der Waals surface area contributed by atoms with Crippen LogP contribution in [-0.2, 0) is 19.1 Å². The van der Waals surface area contributed by atoms with E-state index < -0.39 is 11.6 Å². The topological polar surface area (TPSA) is 88.4 Å². The molecule has 1 N–H and O–H groups in total. The number of hydrogen-bond donors (Lipinski definition) is 1. The molecule has 100 valence electrons. The van der Waals surface area contributed by atoms with Gasteiger partial charge in [-0.1, -0.05) is 13.8 Å². The Bertz CT molecular complexity index is 375. The Morgan fingerprint density at radius 3 is 2.89 bits per heavy atom. The van der Waals surface area contributed by atoms with E-state index in [2.05, 4.69) is 16.1 Å². The number of cyclic esters (lactones) is 1. The van der Waals surface area contributed by atoms with Crippen LogP contribution in [0.3, 0.4) is 0 Å². The second kappa shape index (κ2) is 5.83. The number of rotatable bonds is 4. The fourth-order valence-electron chi connectivity index (χ4n) is 1.80. The molecule has 0 aromatic heterocycles. The smallest absolute Gasteiger partial charge is 0.323 e. The van der Waals surface area contributed by atoms with Crippen LogP contribution < -0.4 is 5.32 Å². The van der Waals surface area contributed by atoms with Gasteiger partial charge in [0.15, 0.2) is 0 Å². The van der Waals surface area contributed by atoms with Crippen LogP contribution in [0.1, 0.15) is 26.7 Å². The van der Waals surface area contributed by atoms with Gasteiger partial charge in [-0.15, -0.1) is 0 Å². The largest absolute Gasteiger partial charge is 0.469 e. The molecule has 2 atom stereocenters. The summed E-state index contributed by atoms with van der Waals surface area (Å²) in [6.45, 7) is 3.70. The standard InChI is InChI=1S/C12H18N2O4/c1-8(2)10-11(16)18-7-12(6-13,14-10)5-4-9(15)17-3/h8,10,14H,4-5,7H2,1-3H3/t10-,12-/m0/s1. The Labute approximate surface area is 106 Å². The summed E-state index contributed by atoms with van der Waals surface area (Å²) in [7, 11) is 1.30. The van der Waals surface area contributed by atoms with Gasteiger partial charge in [0.25, 0.3) is 0 Å². The Morgan fingerprint density at radius 1 is 1.72 bits per heavy atom. The number of nitriles is 1. The minimum absolute atomic E-state index is 0.0173. The molecular weight excluding hydrogens is 236 g/mol.